The van der Waals surface area contributed by atoms with E-state index in [1.165, 1.54) is 16.9 Å². The normalized spacial score (nSPS) is 23.3. The Morgan fingerprint density at radius 1 is 1.43 bits per heavy atom. The SMILES string of the molecule is Cn1nccc1S(=O)(=O)NCCCOC1CCC(N)CC1. The van der Waals surface area contributed by atoms with Crippen LogP contribution in [0.25, 0.3) is 0 Å². The summed E-state index contributed by atoms with van der Waals surface area (Å²) in [5.74, 6) is 0. The van der Waals surface area contributed by atoms with Crippen molar-refractivity contribution < 1.29 is 13.2 Å². The molecule has 2 rings (SSSR count). The molecule has 0 unspecified atom stereocenters. The molecular weight excluding hydrogens is 292 g/mol. The Bertz CT molecular complexity index is 535. The Balaban J connectivity index is 1.65. The van der Waals surface area contributed by atoms with Crippen molar-refractivity contribution in [3.63, 3.8) is 0 Å². The predicted molar refractivity (Wildman–Crippen MR) is 79.2 cm³/mol. The molecule has 120 valence electrons. The van der Waals surface area contributed by atoms with Gasteiger partial charge in [-0.2, -0.15) is 5.10 Å². The molecule has 1 aromatic heterocycles. The molecule has 0 amide bonds. The first-order valence-electron chi connectivity index (χ1n) is 7.34. The highest BCUT2D eigenvalue weighted by molar-refractivity contribution is 7.89. The number of rotatable bonds is 7. The maximum absolute atomic E-state index is 12.0. The summed E-state index contributed by atoms with van der Waals surface area (Å²) in [5.41, 5.74) is 5.84. The van der Waals surface area contributed by atoms with Gasteiger partial charge in [-0.25, -0.2) is 13.1 Å². The summed E-state index contributed by atoms with van der Waals surface area (Å²) in [6.45, 7) is 0.924. The minimum Gasteiger partial charge on any atom is -0.378 e. The zero-order valence-electron chi connectivity index (χ0n) is 12.4. The molecule has 8 heteroatoms. The van der Waals surface area contributed by atoms with Gasteiger partial charge in [0.15, 0.2) is 5.03 Å². The number of hydrogen-bond acceptors (Lipinski definition) is 5. The molecule has 7 nitrogen and oxygen atoms in total. The van der Waals surface area contributed by atoms with Gasteiger partial charge in [0, 0.05) is 26.2 Å². The molecule has 0 radical (unpaired) electrons. The maximum Gasteiger partial charge on any atom is 0.257 e. The van der Waals surface area contributed by atoms with Crippen LogP contribution in [0.3, 0.4) is 0 Å². The molecule has 1 saturated carbocycles. The average molecular weight is 316 g/mol. The van der Waals surface area contributed by atoms with Crippen molar-refractivity contribution in [2.75, 3.05) is 13.2 Å². The highest BCUT2D eigenvalue weighted by Gasteiger charge is 2.19. The lowest BCUT2D eigenvalue weighted by molar-refractivity contribution is 0.0245. The second kappa shape index (κ2) is 7.35. The second-order valence-corrected chi connectivity index (χ2v) is 7.17. The van der Waals surface area contributed by atoms with Crippen LogP contribution < -0.4 is 10.5 Å². The van der Waals surface area contributed by atoms with Crippen LogP contribution in [0.2, 0.25) is 0 Å². The molecule has 21 heavy (non-hydrogen) atoms. The first-order valence-corrected chi connectivity index (χ1v) is 8.82. The quantitative estimate of drug-likeness (QED) is 0.708. The van der Waals surface area contributed by atoms with Gasteiger partial charge in [-0.05, 0) is 38.2 Å². The summed E-state index contributed by atoms with van der Waals surface area (Å²) in [4.78, 5) is 0. The first kappa shape index (κ1) is 16.4. The van der Waals surface area contributed by atoms with Crippen molar-refractivity contribution in [1.29, 1.82) is 0 Å². The van der Waals surface area contributed by atoms with Gasteiger partial charge in [-0.15, -0.1) is 0 Å². The zero-order valence-corrected chi connectivity index (χ0v) is 13.2. The topological polar surface area (TPSA) is 99.2 Å². The molecular formula is C13H24N4O3S. The largest absolute Gasteiger partial charge is 0.378 e. The fourth-order valence-corrected chi connectivity index (χ4v) is 3.68. The number of sulfonamides is 1. The van der Waals surface area contributed by atoms with E-state index >= 15 is 0 Å². The lowest BCUT2D eigenvalue weighted by Crippen LogP contribution is -2.31. The molecule has 0 spiro atoms. The third-order valence-electron chi connectivity index (χ3n) is 3.74. The summed E-state index contributed by atoms with van der Waals surface area (Å²) >= 11 is 0. The summed E-state index contributed by atoms with van der Waals surface area (Å²) < 4.78 is 33.6. The Morgan fingerprint density at radius 3 is 2.76 bits per heavy atom. The fourth-order valence-electron chi connectivity index (χ4n) is 2.48. The molecule has 0 bridgehead atoms. The van der Waals surface area contributed by atoms with Crippen molar-refractivity contribution in [1.82, 2.24) is 14.5 Å². The number of aryl methyl sites for hydroxylation is 1. The minimum absolute atomic E-state index is 0.171. The number of nitrogens with two attached hydrogens (primary N) is 1. The maximum atomic E-state index is 12.0. The minimum atomic E-state index is -3.48. The molecule has 1 aliphatic carbocycles. The van der Waals surface area contributed by atoms with E-state index in [2.05, 4.69) is 9.82 Å². The van der Waals surface area contributed by atoms with Gasteiger partial charge in [0.1, 0.15) is 0 Å². The van der Waals surface area contributed by atoms with Crippen LogP contribution in [0, 0.1) is 0 Å². The van der Waals surface area contributed by atoms with E-state index in [9.17, 15) is 8.42 Å². The molecule has 1 fully saturated rings. The molecule has 1 aromatic rings. The van der Waals surface area contributed by atoms with Crippen LogP contribution >= 0.6 is 0 Å². The molecule has 0 saturated heterocycles. The number of nitrogens with one attached hydrogen (secondary N) is 1. The van der Waals surface area contributed by atoms with Crippen molar-refractivity contribution in [3.8, 4) is 0 Å². The van der Waals surface area contributed by atoms with Gasteiger partial charge in [0.25, 0.3) is 10.0 Å². The lowest BCUT2D eigenvalue weighted by atomic mass is 9.94. The third-order valence-corrected chi connectivity index (χ3v) is 5.27. The molecule has 0 atom stereocenters. The van der Waals surface area contributed by atoms with Crippen molar-refractivity contribution in [2.45, 2.75) is 49.3 Å². The summed E-state index contributed by atoms with van der Waals surface area (Å²) in [7, 11) is -1.88. The Morgan fingerprint density at radius 2 is 2.14 bits per heavy atom. The van der Waals surface area contributed by atoms with Crippen molar-refractivity contribution in [3.05, 3.63) is 12.3 Å². The van der Waals surface area contributed by atoms with E-state index in [-0.39, 0.29) is 11.1 Å². The van der Waals surface area contributed by atoms with E-state index in [1.54, 1.807) is 7.05 Å². The van der Waals surface area contributed by atoms with Crippen molar-refractivity contribution >= 4 is 10.0 Å². The van der Waals surface area contributed by atoms with Crippen LogP contribution in [0.15, 0.2) is 17.3 Å². The van der Waals surface area contributed by atoms with Crippen LogP contribution in [-0.4, -0.2) is 43.5 Å². The highest BCUT2D eigenvalue weighted by atomic mass is 32.2. The zero-order chi connectivity index (χ0) is 15.3. The van der Waals surface area contributed by atoms with Gasteiger partial charge >= 0.3 is 0 Å². The molecule has 1 aliphatic rings. The molecule has 1 heterocycles. The monoisotopic (exact) mass is 316 g/mol. The van der Waals surface area contributed by atoms with Gasteiger partial charge < -0.3 is 10.5 Å². The smallest absolute Gasteiger partial charge is 0.257 e. The number of nitrogens with zero attached hydrogens (tertiary/aromatic N) is 2. The van der Waals surface area contributed by atoms with E-state index in [0.29, 0.717) is 25.6 Å². The summed E-state index contributed by atoms with van der Waals surface area (Å²) in [6, 6.07) is 1.79. The van der Waals surface area contributed by atoms with Crippen LogP contribution in [0.5, 0.6) is 0 Å². The third kappa shape index (κ3) is 4.77. The van der Waals surface area contributed by atoms with Crippen LogP contribution in [-0.2, 0) is 21.8 Å². The van der Waals surface area contributed by atoms with E-state index in [0.717, 1.165) is 25.7 Å². The van der Waals surface area contributed by atoms with Gasteiger partial charge in [-0.3, -0.25) is 4.68 Å². The second-order valence-electron chi connectivity index (χ2n) is 5.45. The highest BCUT2D eigenvalue weighted by Crippen LogP contribution is 2.19. The van der Waals surface area contributed by atoms with Gasteiger partial charge in [0.2, 0.25) is 0 Å². The van der Waals surface area contributed by atoms with E-state index in [4.69, 9.17) is 10.5 Å². The van der Waals surface area contributed by atoms with E-state index < -0.39 is 10.0 Å². The predicted octanol–water partition coefficient (Wildman–Crippen LogP) is 0.375. The Kier molecular flexibility index (Phi) is 5.74. The number of ether oxygens (including phenoxy) is 1. The van der Waals surface area contributed by atoms with Crippen molar-refractivity contribution in [2.24, 2.45) is 12.8 Å². The van der Waals surface area contributed by atoms with E-state index in [1.807, 2.05) is 0 Å². The molecule has 0 aromatic carbocycles. The number of hydrogen-bond donors (Lipinski definition) is 2. The fraction of sp³-hybridized carbons (Fsp3) is 0.769. The lowest BCUT2D eigenvalue weighted by Gasteiger charge is -2.26. The molecule has 3 N–H and O–H groups in total. The first-order chi connectivity index (χ1) is 9.99. The molecule has 0 aliphatic heterocycles. The Hall–Kier alpha value is -0.960. The average Bonchev–Trinajstić information content (AvgIpc) is 2.87. The number of aromatic nitrogens is 2. The Labute approximate surface area is 125 Å². The summed E-state index contributed by atoms with van der Waals surface area (Å²) in [6.07, 6.45) is 6.42. The van der Waals surface area contributed by atoms with Gasteiger partial charge in [-0.1, -0.05) is 0 Å². The van der Waals surface area contributed by atoms with Crippen LogP contribution in [0.1, 0.15) is 32.1 Å². The van der Waals surface area contributed by atoms with Crippen LogP contribution in [0.4, 0.5) is 0 Å². The van der Waals surface area contributed by atoms with Gasteiger partial charge in [0.05, 0.1) is 12.3 Å². The standard InChI is InChI=1S/C13H24N4O3S/c1-17-13(7-9-15-17)21(18,19)16-8-2-10-20-12-5-3-11(14)4-6-12/h7,9,11-12,16H,2-6,8,10,14H2,1H3. The summed E-state index contributed by atoms with van der Waals surface area (Å²) in [5, 5.41) is 4.03.